The van der Waals surface area contributed by atoms with E-state index < -0.39 is 0 Å². The van der Waals surface area contributed by atoms with E-state index in [0.29, 0.717) is 12.1 Å². The summed E-state index contributed by atoms with van der Waals surface area (Å²) in [5.41, 5.74) is 3.75. The number of methoxy groups -OCH3 is 1. The maximum atomic E-state index is 5.47. The first-order valence-corrected chi connectivity index (χ1v) is 6.87. The number of aromatic nitrogens is 2. The Kier molecular flexibility index (Phi) is 4.40. The topological polar surface area (TPSA) is 39.1 Å². The summed E-state index contributed by atoms with van der Waals surface area (Å²) in [5.74, 6) is 0. The van der Waals surface area contributed by atoms with Crippen molar-refractivity contribution >= 4 is 0 Å². The lowest BCUT2D eigenvalue weighted by Gasteiger charge is -2.29. The Hall–Kier alpha value is -0.870. The summed E-state index contributed by atoms with van der Waals surface area (Å²) in [4.78, 5) is 0. The molecule has 1 aliphatic rings. The van der Waals surface area contributed by atoms with Crippen LogP contribution in [0.15, 0.2) is 0 Å². The van der Waals surface area contributed by atoms with Crippen LogP contribution in [-0.4, -0.2) is 29.0 Å². The van der Waals surface area contributed by atoms with Gasteiger partial charge in [-0.15, -0.1) is 0 Å². The maximum Gasteiger partial charge on any atom is 0.0641 e. The number of rotatable bonds is 4. The van der Waals surface area contributed by atoms with Crippen molar-refractivity contribution in [1.82, 2.24) is 15.1 Å². The standard InChI is InChI=1S/C14H25N3O/c1-10-14(11(2)17(3)16-10)9-15-12-6-5-7-13(8-12)18-4/h12-13,15H,5-9H2,1-4H3/t12-,13-/m0/s1. The number of nitrogens with one attached hydrogen (secondary N) is 1. The first-order valence-electron chi connectivity index (χ1n) is 6.87. The lowest BCUT2D eigenvalue weighted by atomic mass is 9.92. The van der Waals surface area contributed by atoms with Crippen LogP contribution >= 0.6 is 0 Å². The Morgan fingerprint density at radius 1 is 1.39 bits per heavy atom. The van der Waals surface area contributed by atoms with E-state index in [9.17, 15) is 0 Å². The number of nitrogens with zero attached hydrogens (tertiary/aromatic N) is 2. The van der Waals surface area contributed by atoms with Crippen molar-refractivity contribution in [2.45, 2.75) is 58.2 Å². The molecule has 0 amide bonds. The van der Waals surface area contributed by atoms with Crippen LogP contribution < -0.4 is 5.32 Å². The maximum absolute atomic E-state index is 5.47. The van der Waals surface area contributed by atoms with Crippen molar-refractivity contribution in [2.75, 3.05) is 7.11 Å². The highest BCUT2D eigenvalue weighted by Gasteiger charge is 2.21. The van der Waals surface area contributed by atoms with Crippen molar-refractivity contribution < 1.29 is 4.74 Å². The van der Waals surface area contributed by atoms with Crippen LogP contribution in [-0.2, 0) is 18.3 Å². The minimum atomic E-state index is 0.437. The molecule has 0 saturated heterocycles. The summed E-state index contributed by atoms with van der Waals surface area (Å²) < 4.78 is 7.43. The first-order chi connectivity index (χ1) is 8.61. The molecular weight excluding hydrogens is 226 g/mol. The third-order valence-corrected chi connectivity index (χ3v) is 4.19. The van der Waals surface area contributed by atoms with Gasteiger partial charge in [-0.25, -0.2) is 0 Å². The van der Waals surface area contributed by atoms with Crippen LogP contribution in [0.4, 0.5) is 0 Å². The van der Waals surface area contributed by atoms with Gasteiger partial charge in [0.15, 0.2) is 0 Å². The first kappa shape index (κ1) is 13.6. The second-order valence-electron chi connectivity index (χ2n) is 5.38. The lowest BCUT2D eigenvalue weighted by Crippen LogP contribution is -2.36. The summed E-state index contributed by atoms with van der Waals surface area (Å²) in [7, 11) is 3.83. The monoisotopic (exact) mass is 251 g/mol. The fourth-order valence-electron chi connectivity index (χ4n) is 2.86. The molecular formula is C14H25N3O. The van der Waals surface area contributed by atoms with Crippen LogP contribution in [0.2, 0.25) is 0 Å². The number of aryl methyl sites for hydroxylation is 2. The molecule has 0 unspecified atom stereocenters. The van der Waals surface area contributed by atoms with E-state index in [1.165, 1.54) is 30.5 Å². The predicted molar refractivity (Wildman–Crippen MR) is 72.6 cm³/mol. The Balaban J connectivity index is 1.91. The van der Waals surface area contributed by atoms with Crippen LogP contribution in [0.25, 0.3) is 0 Å². The van der Waals surface area contributed by atoms with Crippen LogP contribution in [0.1, 0.15) is 42.6 Å². The zero-order chi connectivity index (χ0) is 13.1. The Bertz CT molecular complexity index is 400. The molecule has 1 aromatic rings. The summed E-state index contributed by atoms with van der Waals surface area (Å²) in [6.45, 7) is 5.14. The SMILES string of the molecule is CO[C@H]1CCC[C@H](NCc2c(C)nn(C)c2C)C1. The van der Waals surface area contributed by atoms with E-state index in [0.717, 1.165) is 18.7 Å². The zero-order valence-corrected chi connectivity index (χ0v) is 12.0. The van der Waals surface area contributed by atoms with E-state index >= 15 is 0 Å². The van der Waals surface area contributed by atoms with Crippen molar-refractivity contribution in [1.29, 1.82) is 0 Å². The van der Waals surface area contributed by atoms with Gasteiger partial charge in [0, 0.05) is 38.0 Å². The number of hydrogen-bond donors (Lipinski definition) is 1. The molecule has 1 fully saturated rings. The molecule has 102 valence electrons. The van der Waals surface area contributed by atoms with E-state index in [1.54, 1.807) is 0 Å². The Morgan fingerprint density at radius 2 is 2.17 bits per heavy atom. The molecule has 1 aromatic heterocycles. The zero-order valence-electron chi connectivity index (χ0n) is 12.0. The fraction of sp³-hybridized carbons (Fsp3) is 0.786. The summed E-state index contributed by atoms with van der Waals surface area (Å²) >= 11 is 0. The minimum absolute atomic E-state index is 0.437. The molecule has 0 spiro atoms. The van der Waals surface area contributed by atoms with Gasteiger partial charge in [-0.2, -0.15) is 5.10 Å². The smallest absolute Gasteiger partial charge is 0.0641 e. The van der Waals surface area contributed by atoms with Crippen molar-refractivity contribution in [3.8, 4) is 0 Å². The lowest BCUT2D eigenvalue weighted by molar-refractivity contribution is 0.0586. The van der Waals surface area contributed by atoms with Crippen LogP contribution in [0, 0.1) is 13.8 Å². The molecule has 0 radical (unpaired) electrons. The minimum Gasteiger partial charge on any atom is -0.381 e. The largest absolute Gasteiger partial charge is 0.381 e. The Morgan fingerprint density at radius 3 is 2.78 bits per heavy atom. The number of hydrogen-bond acceptors (Lipinski definition) is 3. The molecule has 1 saturated carbocycles. The van der Waals surface area contributed by atoms with Gasteiger partial charge in [0.25, 0.3) is 0 Å². The van der Waals surface area contributed by atoms with E-state index in [2.05, 4.69) is 24.3 Å². The van der Waals surface area contributed by atoms with Gasteiger partial charge in [-0.1, -0.05) is 0 Å². The molecule has 0 bridgehead atoms. The highest BCUT2D eigenvalue weighted by atomic mass is 16.5. The highest BCUT2D eigenvalue weighted by molar-refractivity contribution is 5.24. The second-order valence-corrected chi connectivity index (χ2v) is 5.38. The van der Waals surface area contributed by atoms with Gasteiger partial charge >= 0.3 is 0 Å². The van der Waals surface area contributed by atoms with Gasteiger partial charge in [0.05, 0.1) is 11.8 Å². The quantitative estimate of drug-likeness (QED) is 0.890. The number of ether oxygens (including phenoxy) is 1. The molecule has 1 aliphatic carbocycles. The highest BCUT2D eigenvalue weighted by Crippen LogP contribution is 2.21. The second kappa shape index (κ2) is 5.85. The molecule has 18 heavy (non-hydrogen) atoms. The third-order valence-electron chi connectivity index (χ3n) is 4.19. The third kappa shape index (κ3) is 2.93. The predicted octanol–water partition coefficient (Wildman–Crippen LogP) is 2.08. The van der Waals surface area contributed by atoms with Crippen LogP contribution in [0.5, 0.6) is 0 Å². The normalized spacial score (nSPS) is 24.4. The molecule has 2 atom stereocenters. The van der Waals surface area contributed by atoms with Gasteiger partial charge in [0.2, 0.25) is 0 Å². The molecule has 2 rings (SSSR count). The Labute approximate surface area is 110 Å². The van der Waals surface area contributed by atoms with E-state index in [-0.39, 0.29) is 0 Å². The fourth-order valence-corrected chi connectivity index (χ4v) is 2.86. The van der Waals surface area contributed by atoms with Crippen molar-refractivity contribution in [3.63, 3.8) is 0 Å². The van der Waals surface area contributed by atoms with Gasteiger partial charge < -0.3 is 10.1 Å². The average molecular weight is 251 g/mol. The van der Waals surface area contributed by atoms with Crippen molar-refractivity contribution in [2.24, 2.45) is 7.05 Å². The van der Waals surface area contributed by atoms with Gasteiger partial charge in [-0.05, 0) is 39.5 Å². The summed E-state index contributed by atoms with van der Waals surface area (Å²) in [5, 5.41) is 8.12. The molecule has 0 aliphatic heterocycles. The molecule has 1 N–H and O–H groups in total. The van der Waals surface area contributed by atoms with E-state index in [1.807, 2.05) is 18.8 Å². The summed E-state index contributed by atoms with van der Waals surface area (Å²) in [6, 6.07) is 0.586. The summed E-state index contributed by atoms with van der Waals surface area (Å²) in [6.07, 6.45) is 5.31. The van der Waals surface area contributed by atoms with Crippen molar-refractivity contribution in [3.05, 3.63) is 17.0 Å². The molecule has 0 aromatic carbocycles. The average Bonchev–Trinajstić information content (AvgIpc) is 2.61. The molecule has 4 heteroatoms. The van der Waals surface area contributed by atoms with Gasteiger partial charge in [-0.3, -0.25) is 4.68 Å². The molecule has 4 nitrogen and oxygen atoms in total. The van der Waals surface area contributed by atoms with E-state index in [4.69, 9.17) is 4.74 Å². The van der Waals surface area contributed by atoms with Gasteiger partial charge in [0.1, 0.15) is 0 Å². The van der Waals surface area contributed by atoms with Crippen LogP contribution in [0.3, 0.4) is 0 Å². The molecule has 1 heterocycles.